The first-order valence-electron chi connectivity index (χ1n) is 11.8. The van der Waals surface area contributed by atoms with E-state index in [4.69, 9.17) is 22.1 Å². The molecule has 4 aliphatic rings. The van der Waals surface area contributed by atoms with Crippen molar-refractivity contribution in [3.8, 4) is 5.75 Å². The maximum absolute atomic E-state index is 14.7. The Bertz CT molecular complexity index is 1340. The number of halogens is 2. The van der Waals surface area contributed by atoms with Crippen LogP contribution in [0.15, 0.2) is 41.3 Å². The molecule has 0 saturated heterocycles. The molecule has 0 heterocycles. The van der Waals surface area contributed by atoms with Crippen molar-refractivity contribution in [3.05, 3.63) is 52.8 Å². The molecule has 2 aromatic rings. The highest BCUT2D eigenvalue weighted by molar-refractivity contribution is 7.92. The van der Waals surface area contributed by atoms with E-state index in [-0.39, 0.29) is 45.0 Å². The second kappa shape index (κ2) is 8.92. The van der Waals surface area contributed by atoms with Crippen LogP contribution in [0.4, 0.5) is 10.1 Å². The van der Waals surface area contributed by atoms with Gasteiger partial charge in [0.05, 0.1) is 22.6 Å². The summed E-state index contributed by atoms with van der Waals surface area (Å²) in [5, 5.41) is 3.10. The van der Waals surface area contributed by atoms with Gasteiger partial charge in [0, 0.05) is 17.1 Å². The predicted molar refractivity (Wildman–Crippen MR) is 132 cm³/mol. The van der Waals surface area contributed by atoms with Crippen LogP contribution in [0.5, 0.6) is 5.75 Å². The Hall–Kier alpha value is -2.85. The Labute approximate surface area is 213 Å². The lowest BCUT2D eigenvalue weighted by atomic mass is 9.47. The number of nitrogens with one attached hydrogen (secondary N) is 2. The van der Waals surface area contributed by atoms with Crippen molar-refractivity contribution in [2.45, 2.75) is 43.0 Å². The van der Waals surface area contributed by atoms with Gasteiger partial charge in [0.2, 0.25) is 5.91 Å². The van der Waals surface area contributed by atoms with Crippen molar-refractivity contribution in [1.29, 1.82) is 0 Å². The second-order valence-corrected chi connectivity index (χ2v) is 12.3. The lowest BCUT2D eigenvalue weighted by Crippen LogP contribution is -2.62. The van der Waals surface area contributed by atoms with Gasteiger partial charge in [-0.15, -0.1) is 0 Å². The van der Waals surface area contributed by atoms with Gasteiger partial charge < -0.3 is 15.8 Å². The number of sulfonamides is 1. The van der Waals surface area contributed by atoms with Crippen molar-refractivity contribution in [1.82, 2.24) is 5.32 Å². The molecule has 2 atom stereocenters. The monoisotopic (exact) mass is 535 g/mol. The molecular formula is C25H27ClFN3O5S. The third-order valence-corrected chi connectivity index (χ3v) is 9.66. The number of ether oxygens (including phenoxy) is 1. The first kappa shape index (κ1) is 24.8. The smallest absolute Gasteiger partial charge is 0.261 e. The lowest BCUT2D eigenvalue weighted by molar-refractivity contribution is -0.145. The lowest BCUT2D eigenvalue weighted by Gasteiger charge is -2.58. The summed E-state index contributed by atoms with van der Waals surface area (Å²) < 4.78 is 47.8. The molecule has 4 fully saturated rings. The zero-order chi connectivity index (χ0) is 25.8. The molecule has 11 heteroatoms. The highest BCUT2D eigenvalue weighted by atomic mass is 35.5. The van der Waals surface area contributed by atoms with E-state index in [0.717, 1.165) is 25.3 Å². The summed E-state index contributed by atoms with van der Waals surface area (Å²) in [4.78, 5) is 25.2. The van der Waals surface area contributed by atoms with Crippen molar-refractivity contribution >= 4 is 39.1 Å². The molecule has 2 aromatic carbocycles. The molecule has 0 radical (unpaired) electrons. The van der Waals surface area contributed by atoms with Crippen LogP contribution in [-0.2, 0) is 14.8 Å². The fraction of sp³-hybridized carbons (Fsp3) is 0.440. The minimum atomic E-state index is -4.06. The van der Waals surface area contributed by atoms with Gasteiger partial charge in [0.1, 0.15) is 11.6 Å². The van der Waals surface area contributed by atoms with Gasteiger partial charge in [0.25, 0.3) is 15.9 Å². The quantitative estimate of drug-likeness (QED) is 0.498. The first-order valence-corrected chi connectivity index (χ1v) is 13.6. The normalized spacial score (nSPS) is 28.5. The molecule has 4 N–H and O–H groups in total. The maximum Gasteiger partial charge on any atom is 0.261 e. The van der Waals surface area contributed by atoms with Gasteiger partial charge in [-0.3, -0.25) is 14.3 Å². The van der Waals surface area contributed by atoms with Gasteiger partial charge >= 0.3 is 0 Å². The summed E-state index contributed by atoms with van der Waals surface area (Å²) >= 11 is 6.05. The van der Waals surface area contributed by atoms with Crippen molar-refractivity contribution in [2.75, 3.05) is 11.8 Å². The van der Waals surface area contributed by atoms with Crippen LogP contribution in [0.25, 0.3) is 0 Å². The van der Waals surface area contributed by atoms with Crippen LogP contribution >= 0.6 is 11.6 Å². The molecule has 4 bridgehead atoms. The summed E-state index contributed by atoms with van der Waals surface area (Å²) in [6.45, 7) is 0. The van der Waals surface area contributed by atoms with E-state index in [9.17, 15) is 22.4 Å². The molecule has 2 unspecified atom stereocenters. The molecule has 192 valence electrons. The molecule has 6 rings (SSSR count). The number of nitrogens with two attached hydrogens (primary N) is 1. The summed E-state index contributed by atoms with van der Waals surface area (Å²) in [5.41, 5.74) is 5.01. The Morgan fingerprint density at radius 2 is 1.81 bits per heavy atom. The molecule has 0 spiro atoms. The van der Waals surface area contributed by atoms with Crippen molar-refractivity contribution in [3.63, 3.8) is 0 Å². The topological polar surface area (TPSA) is 128 Å². The Balaban J connectivity index is 1.34. The van der Waals surface area contributed by atoms with E-state index in [1.807, 2.05) is 0 Å². The van der Waals surface area contributed by atoms with E-state index in [2.05, 4.69) is 10.0 Å². The van der Waals surface area contributed by atoms with E-state index in [1.165, 1.54) is 37.4 Å². The van der Waals surface area contributed by atoms with Gasteiger partial charge in [0.15, 0.2) is 0 Å². The number of carbonyl (C=O) groups is 2. The summed E-state index contributed by atoms with van der Waals surface area (Å²) in [7, 11) is -2.65. The predicted octanol–water partition coefficient (Wildman–Crippen LogP) is 3.70. The zero-order valence-corrected chi connectivity index (χ0v) is 21.2. The van der Waals surface area contributed by atoms with E-state index < -0.39 is 27.2 Å². The molecule has 4 aliphatic carbocycles. The first-order chi connectivity index (χ1) is 17.0. The summed E-state index contributed by atoms with van der Waals surface area (Å²) in [6.07, 6.45) is 3.89. The fourth-order valence-electron chi connectivity index (χ4n) is 6.58. The fourth-order valence-corrected chi connectivity index (χ4v) is 7.98. The average Bonchev–Trinajstić information content (AvgIpc) is 2.81. The van der Waals surface area contributed by atoms with Crippen LogP contribution < -0.4 is 20.5 Å². The molecule has 8 nitrogen and oxygen atoms in total. The van der Waals surface area contributed by atoms with E-state index >= 15 is 0 Å². The number of carbonyl (C=O) groups excluding carboxylic acids is 2. The van der Waals surface area contributed by atoms with Crippen molar-refractivity contribution < 1.29 is 27.1 Å². The number of hydrogen-bond donors (Lipinski definition) is 3. The molecule has 2 amide bonds. The van der Waals surface area contributed by atoms with Crippen LogP contribution in [0.3, 0.4) is 0 Å². The van der Waals surface area contributed by atoms with Crippen LogP contribution in [0.1, 0.15) is 42.5 Å². The number of methoxy groups -OCH3 is 1. The van der Waals surface area contributed by atoms with Crippen LogP contribution in [0, 0.1) is 29.0 Å². The van der Waals surface area contributed by atoms with E-state index in [0.29, 0.717) is 24.5 Å². The second-order valence-electron chi connectivity index (χ2n) is 10.2. The highest BCUT2D eigenvalue weighted by Crippen LogP contribution is 2.59. The van der Waals surface area contributed by atoms with Gasteiger partial charge in [-0.05, 0) is 86.3 Å². The highest BCUT2D eigenvalue weighted by Gasteiger charge is 2.58. The summed E-state index contributed by atoms with van der Waals surface area (Å²) in [6, 6.07) is 7.28. The number of benzene rings is 2. The van der Waals surface area contributed by atoms with Gasteiger partial charge in [-0.2, -0.15) is 0 Å². The Kier molecular flexibility index (Phi) is 6.15. The maximum atomic E-state index is 14.7. The number of primary amides is 1. The summed E-state index contributed by atoms with van der Waals surface area (Å²) in [5.74, 6) is -0.690. The molecule has 0 aliphatic heterocycles. The minimum Gasteiger partial charge on any atom is -0.495 e. The van der Waals surface area contributed by atoms with Gasteiger partial charge in [-0.25, -0.2) is 12.8 Å². The number of hydrogen-bond acceptors (Lipinski definition) is 5. The van der Waals surface area contributed by atoms with Crippen LogP contribution in [0.2, 0.25) is 5.02 Å². The number of amides is 2. The Morgan fingerprint density at radius 1 is 1.11 bits per heavy atom. The number of anilines is 1. The third kappa shape index (κ3) is 4.30. The molecule has 36 heavy (non-hydrogen) atoms. The molecular weight excluding hydrogens is 509 g/mol. The van der Waals surface area contributed by atoms with Gasteiger partial charge in [-0.1, -0.05) is 11.6 Å². The zero-order valence-electron chi connectivity index (χ0n) is 19.6. The third-order valence-electron chi connectivity index (χ3n) is 7.99. The molecule has 4 saturated carbocycles. The molecule has 0 aromatic heterocycles. The Morgan fingerprint density at radius 3 is 2.42 bits per heavy atom. The number of rotatable bonds is 7. The average molecular weight is 536 g/mol. The largest absolute Gasteiger partial charge is 0.495 e. The minimum absolute atomic E-state index is 0.0336. The SMILES string of the molecule is COc1ccc(S(=O)(=O)Nc2ccc(F)c(C(=O)NC3C4CC5CC3CC(C(N)=O)(C5)C4)c2)cc1Cl. The van der Waals surface area contributed by atoms with Crippen LogP contribution in [-0.4, -0.2) is 33.4 Å². The van der Waals surface area contributed by atoms with E-state index in [1.54, 1.807) is 0 Å². The van der Waals surface area contributed by atoms with Crippen molar-refractivity contribution in [2.24, 2.45) is 28.9 Å². The standard InChI is InChI=1S/C25H27ClFN3O5S/c1-35-21-5-3-17(9-19(21)26)36(33,34)30-16-2-4-20(27)18(8-16)23(31)29-22-14-6-13-7-15(22)12-25(10-13,11-14)24(28)32/h2-5,8-9,13-15,22,30H,6-7,10-12H2,1H3,(H2,28,32)(H,29,31).